The van der Waals surface area contributed by atoms with Gasteiger partial charge >= 0.3 is 0 Å². The molecule has 0 saturated carbocycles. The molecular formula is C13H11F2N3OS. The molecule has 0 aliphatic heterocycles. The minimum absolute atomic E-state index is 0.204. The number of carbonyl (C=O) groups excluding carboxylic acids is 1. The molecule has 7 heteroatoms. The van der Waals surface area contributed by atoms with E-state index in [0.717, 1.165) is 12.1 Å². The zero-order valence-electron chi connectivity index (χ0n) is 10.5. The monoisotopic (exact) mass is 295 g/mol. The van der Waals surface area contributed by atoms with E-state index in [1.807, 2.05) is 0 Å². The van der Waals surface area contributed by atoms with E-state index >= 15 is 0 Å². The molecule has 1 atom stereocenters. The topological polar surface area (TPSA) is 54.9 Å². The molecule has 1 N–H and O–H groups in total. The van der Waals surface area contributed by atoms with Crippen LogP contribution in [-0.4, -0.2) is 21.1 Å². The smallest absolute Gasteiger partial charge is 0.237 e. The molecule has 2 rings (SSSR count). The predicted octanol–water partition coefficient (Wildman–Crippen LogP) is 2.87. The second-order valence-corrected chi connectivity index (χ2v) is 5.22. The molecule has 0 aliphatic rings. The molecule has 1 heterocycles. The van der Waals surface area contributed by atoms with Gasteiger partial charge in [-0.2, -0.15) is 0 Å². The Hall–Kier alpha value is -2.02. The first kappa shape index (κ1) is 14.4. The van der Waals surface area contributed by atoms with Gasteiger partial charge in [0.15, 0.2) is 16.8 Å². The molecule has 1 aromatic heterocycles. The summed E-state index contributed by atoms with van der Waals surface area (Å²) < 4.78 is 25.8. The molecule has 2 aromatic rings. The molecule has 0 spiro atoms. The van der Waals surface area contributed by atoms with Crippen LogP contribution in [0.15, 0.2) is 41.8 Å². The number of aromatic nitrogens is 2. The second kappa shape index (κ2) is 6.42. The maximum Gasteiger partial charge on any atom is 0.237 e. The number of rotatable bonds is 4. The number of hydrogen-bond donors (Lipinski definition) is 1. The third kappa shape index (κ3) is 3.74. The fourth-order valence-corrected chi connectivity index (χ4v) is 2.10. The van der Waals surface area contributed by atoms with E-state index in [9.17, 15) is 13.6 Å². The highest BCUT2D eigenvalue weighted by atomic mass is 32.2. The van der Waals surface area contributed by atoms with Gasteiger partial charge in [0.2, 0.25) is 5.91 Å². The van der Waals surface area contributed by atoms with Crippen molar-refractivity contribution in [2.45, 2.75) is 17.3 Å². The number of carbonyl (C=O) groups is 1. The number of nitrogens with zero attached hydrogens (tertiary/aromatic N) is 2. The highest BCUT2D eigenvalue weighted by Gasteiger charge is 2.16. The van der Waals surface area contributed by atoms with Gasteiger partial charge in [-0.05, 0) is 25.1 Å². The van der Waals surface area contributed by atoms with Crippen molar-refractivity contribution in [3.8, 4) is 0 Å². The Morgan fingerprint density at radius 1 is 1.25 bits per heavy atom. The van der Waals surface area contributed by atoms with Crippen LogP contribution in [-0.2, 0) is 4.79 Å². The van der Waals surface area contributed by atoms with Gasteiger partial charge in [-0.3, -0.25) is 4.79 Å². The Morgan fingerprint density at radius 2 is 1.95 bits per heavy atom. The van der Waals surface area contributed by atoms with Gasteiger partial charge in [-0.25, -0.2) is 18.7 Å². The van der Waals surface area contributed by atoms with Crippen LogP contribution < -0.4 is 5.32 Å². The van der Waals surface area contributed by atoms with Crippen molar-refractivity contribution in [2.75, 3.05) is 5.32 Å². The average molecular weight is 295 g/mol. The van der Waals surface area contributed by atoms with Crippen molar-refractivity contribution >= 4 is 23.4 Å². The lowest BCUT2D eigenvalue weighted by molar-refractivity contribution is -0.115. The molecule has 0 radical (unpaired) electrons. The summed E-state index contributed by atoms with van der Waals surface area (Å²) in [5.74, 6) is -2.30. The maximum absolute atomic E-state index is 13.0. The van der Waals surface area contributed by atoms with Crippen molar-refractivity contribution in [1.29, 1.82) is 0 Å². The SMILES string of the molecule is CC(Sc1ncccn1)C(=O)Nc1ccc(F)c(F)c1. The molecular weight excluding hydrogens is 284 g/mol. The Morgan fingerprint density at radius 3 is 2.60 bits per heavy atom. The van der Waals surface area contributed by atoms with Crippen molar-refractivity contribution in [2.24, 2.45) is 0 Å². The number of amides is 1. The summed E-state index contributed by atoms with van der Waals surface area (Å²) in [5.41, 5.74) is 0.204. The van der Waals surface area contributed by atoms with Crippen LogP contribution in [0.25, 0.3) is 0 Å². The van der Waals surface area contributed by atoms with Crippen molar-refractivity contribution < 1.29 is 13.6 Å². The lowest BCUT2D eigenvalue weighted by atomic mass is 10.3. The van der Waals surface area contributed by atoms with Crippen molar-refractivity contribution in [3.05, 3.63) is 48.3 Å². The minimum Gasteiger partial charge on any atom is -0.325 e. The molecule has 0 aliphatic carbocycles. The fraction of sp³-hybridized carbons (Fsp3) is 0.154. The Balaban J connectivity index is 1.99. The normalized spacial score (nSPS) is 11.9. The van der Waals surface area contributed by atoms with E-state index in [1.165, 1.54) is 17.8 Å². The maximum atomic E-state index is 13.0. The van der Waals surface area contributed by atoms with Gasteiger partial charge in [0.05, 0.1) is 5.25 Å². The molecule has 0 fully saturated rings. The summed E-state index contributed by atoms with van der Waals surface area (Å²) in [4.78, 5) is 19.9. The van der Waals surface area contributed by atoms with E-state index in [1.54, 1.807) is 25.4 Å². The molecule has 0 bridgehead atoms. The summed E-state index contributed by atoms with van der Waals surface area (Å²) in [6.45, 7) is 1.68. The highest BCUT2D eigenvalue weighted by molar-refractivity contribution is 8.00. The van der Waals surface area contributed by atoms with E-state index in [-0.39, 0.29) is 11.6 Å². The Bertz CT molecular complexity index is 610. The van der Waals surface area contributed by atoms with Crippen LogP contribution in [0.1, 0.15) is 6.92 Å². The van der Waals surface area contributed by atoms with E-state index < -0.39 is 16.9 Å². The summed E-state index contributed by atoms with van der Waals surface area (Å²) in [6.07, 6.45) is 3.16. The fourth-order valence-electron chi connectivity index (χ4n) is 1.38. The molecule has 4 nitrogen and oxygen atoms in total. The van der Waals surface area contributed by atoms with Gasteiger partial charge < -0.3 is 5.32 Å². The van der Waals surface area contributed by atoms with Gasteiger partial charge in [0.25, 0.3) is 0 Å². The van der Waals surface area contributed by atoms with E-state index in [4.69, 9.17) is 0 Å². The first-order valence-corrected chi connectivity index (χ1v) is 6.64. The predicted molar refractivity (Wildman–Crippen MR) is 72.3 cm³/mol. The van der Waals surface area contributed by atoms with Crippen LogP contribution in [0.3, 0.4) is 0 Å². The van der Waals surface area contributed by atoms with Crippen LogP contribution in [0.2, 0.25) is 0 Å². The second-order valence-electron chi connectivity index (χ2n) is 3.91. The number of hydrogen-bond acceptors (Lipinski definition) is 4. The summed E-state index contributed by atoms with van der Waals surface area (Å²) in [6, 6.07) is 4.87. The minimum atomic E-state index is -1.01. The number of anilines is 1. The summed E-state index contributed by atoms with van der Waals surface area (Å²) in [5, 5.41) is 2.51. The number of benzene rings is 1. The average Bonchev–Trinajstić information content (AvgIpc) is 2.44. The van der Waals surface area contributed by atoms with Crippen LogP contribution in [0.5, 0.6) is 0 Å². The largest absolute Gasteiger partial charge is 0.325 e. The van der Waals surface area contributed by atoms with Crippen molar-refractivity contribution in [3.63, 3.8) is 0 Å². The zero-order chi connectivity index (χ0) is 14.5. The van der Waals surface area contributed by atoms with Crippen LogP contribution in [0, 0.1) is 11.6 Å². The van der Waals surface area contributed by atoms with Crippen LogP contribution >= 0.6 is 11.8 Å². The first-order chi connectivity index (χ1) is 9.56. The van der Waals surface area contributed by atoms with Gasteiger partial charge in [0, 0.05) is 24.1 Å². The number of halogens is 2. The lowest BCUT2D eigenvalue weighted by Gasteiger charge is -2.11. The molecule has 1 aromatic carbocycles. The Kier molecular flexibility index (Phi) is 4.62. The summed E-state index contributed by atoms with van der Waals surface area (Å²) >= 11 is 1.18. The zero-order valence-corrected chi connectivity index (χ0v) is 11.3. The molecule has 1 unspecified atom stereocenters. The molecule has 0 saturated heterocycles. The standard InChI is InChI=1S/C13H11F2N3OS/c1-8(20-13-16-5-2-6-17-13)12(19)18-9-3-4-10(14)11(15)7-9/h2-8H,1H3,(H,18,19). The first-order valence-electron chi connectivity index (χ1n) is 5.76. The molecule has 104 valence electrons. The van der Waals surface area contributed by atoms with Gasteiger partial charge in [0.1, 0.15) is 0 Å². The Labute approximate surface area is 118 Å². The van der Waals surface area contributed by atoms with Crippen LogP contribution in [0.4, 0.5) is 14.5 Å². The van der Waals surface area contributed by atoms with E-state index in [0.29, 0.717) is 5.16 Å². The lowest BCUT2D eigenvalue weighted by Crippen LogP contribution is -2.22. The van der Waals surface area contributed by atoms with Crippen molar-refractivity contribution in [1.82, 2.24) is 9.97 Å². The molecule has 20 heavy (non-hydrogen) atoms. The quantitative estimate of drug-likeness (QED) is 0.696. The highest BCUT2D eigenvalue weighted by Crippen LogP contribution is 2.20. The molecule has 1 amide bonds. The third-order valence-electron chi connectivity index (χ3n) is 2.38. The third-order valence-corrected chi connectivity index (χ3v) is 3.37. The van der Waals surface area contributed by atoms with Gasteiger partial charge in [-0.1, -0.05) is 11.8 Å². The number of nitrogens with one attached hydrogen (secondary N) is 1. The number of thioether (sulfide) groups is 1. The van der Waals surface area contributed by atoms with E-state index in [2.05, 4.69) is 15.3 Å². The summed E-state index contributed by atoms with van der Waals surface area (Å²) in [7, 11) is 0. The van der Waals surface area contributed by atoms with Gasteiger partial charge in [-0.15, -0.1) is 0 Å².